The third-order valence-electron chi connectivity index (χ3n) is 3.53. The molecule has 1 aromatic carbocycles. The highest BCUT2D eigenvalue weighted by molar-refractivity contribution is 8.00. The lowest BCUT2D eigenvalue weighted by atomic mass is 10.3. The predicted molar refractivity (Wildman–Crippen MR) is 93.4 cm³/mol. The number of rotatable bonds is 5. The Morgan fingerprint density at radius 2 is 1.96 bits per heavy atom. The number of carbonyl (C=O) groups excluding carboxylic acids is 1. The number of amides is 1. The standard InChI is InChI=1S/C15H16Cl2N4OS/c1-8(14(22)18-12-6-10(16)5-11(17)7-12)23-15-20-19-9(2)21(15)13-3-4-13/h5-8,13H,3-4H2,1-2H3,(H,18,22)/t8-/m1/s1. The van der Waals surface area contributed by atoms with E-state index in [2.05, 4.69) is 20.1 Å². The lowest BCUT2D eigenvalue weighted by Crippen LogP contribution is -2.23. The summed E-state index contributed by atoms with van der Waals surface area (Å²) in [6, 6.07) is 5.44. The van der Waals surface area contributed by atoms with Crippen molar-refractivity contribution >= 4 is 46.6 Å². The summed E-state index contributed by atoms with van der Waals surface area (Å²) in [4.78, 5) is 12.4. The Bertz CT molecular complexity index is 725. The van der Waals surface area contributed by atoms with E-state index in [9.17, 15) is 4.79 Å². The molecule has 0 bridgehead atoms. The Kier molecular flexibility index (Phi) is 4.85. The second-order valence-corrected chi connectivity index (χ2v) is 7.72. The maximum absolute atomic E-state index is 12.4. The van der Waals surface area contributed by atoms with Gasteiger partial charge in [0.2, 0.25) is 5.91 Å². The number of aryl methyl sites for hydroxylation is 1. The van der Waals surface area contributed by atoms with Crippen LogP contribution >= 0.6 is 35.0 Å². The molecule has 0 unspecified atom stereocenters. The van der Waals surface area contributed by atoms with E-state index < -0.39 is 0 Å². The summed E-state index contributed by atoms with van der Waals surface area (Å²) < 4.78 is 2.12. The number of carbonyl (C=O) groups is 1. The minimum absolute atomic E-state index is 0.128. The summed E-state index contributed by atoms with van der Waals surface area (Å²) >= 11 is 13.3. The van der Waals surface area contributed by atoms with Gasteiger partial charge in [-0.2, -0.15) is 0 Å². The van der Waals surface area contributed by atoms with Crippen molar-refractivity contribution in [3.8, 4) is 0 Å². The second kappa shape index (κ2) is 6.71. The number of anilines is 1. The van der Waals surface area contributed by atoms with Crippen LogP contribution in [0.25, 0.3) is 0 Å². The average Bonchev–Trinajstić information content (AvgIpc) is 3.22. The van der Waals surface area contributed by atoms with Gasteiger partial charge in [0, 0.05) is 21.8 Å². The van der Waals surface area contributed by atoms with Crippen LogP contribution in [0.5, 0.6) is 0 Å². The van der Waals surface area contributed by atoms with Gasteiger partial charge in [0.25, 0.3) is 0 Å². The average molecular weight is 371 g/mol. The van der Waals surface area contributed by atoms with E-state index in [0.29, 0.717) is 21.8 Å². The fraction of sp³-hybridized carbons (Fsp3) is 0.400. The van der Waals surface area contributed by atoms with Crippen molar-refractivity contribution in [1.82, 2.24) is 14.8 Å². The molecule has 1 aliphatic rings. The van der Waals surface area contributed by atoms with E-state index in [1.807, 2.05) is 13.8 Å². The molecule has 1 N–H and O–H groups in total. The summed E-state index contributed by atoms with van der Waals surface area (Å²) in [5.41, 5.74) is 0.583. The number of hydrogen-bond acceptors (Lipinski definition) is 4. The highest BCUT2D eigenvalue weighted by Gasteiger charge is 2.29. The topological polar surface area (TPSA) is 59.8 Å². The smallest absolute Gasteiger partial charge is 0.237 e. The largest absolute Gasteiger partial charge is 0.325 e. The Labute approximate surface area is 148 Å². The van der Waals surface area contributed by atoms with E-state index in [1.54, 1.807) is 18.2 Å². The Balaban J connectivity index is 1.68. The first kappa shape index (κ1) is 16.6. The van der Waals surface area contributed by atoms with E-state index in [0.717, 1.165) is 23.8 Å². The van der Waals surface area contributed by atoms with E-state index in [-0.39, 0.29) is 11.2 Å². The summed E-state index contributed by atoms with van der Waals surface area (Å²) in [5.74, 6) is 0.764. The minimum atomic E-state index is -0.311. The molecule has 0 saturated heterocycles. The first-order chi connectivity index (χ1) is 10.9. The van der Waals surface area contributed by atoms with Crippen LogP contribution in [0.15, 0.2) is 23.4 Å². The maximum atomic E-state index is 12.4. The first-order valence-corrected chi connectivity index (χ1v) is 8.92. The lowest BCUT2D eigenvalue weighted by molar-refractivity contribution is -0.115. The van der Waals surface area contributed by atoms with E-state index >= 15 is 0 Å². The molecule has 1 saturated carbocycles. The van der Waals surface area contributed by atoms with Gasteiger partial charge in [-0.3, -0.25) is 4.79 Å². The van der Waals surface area contributed by atoms with Crippen LogP contribution in [0.4, 0.5) is 5.69 Å². The third-order valence-corrected chi connectivity index (χ3v) is 5.02. The van der Waals surface area contributed by atoms with Crippen molar-refractivity contribution in [2.75, 3.05) is 5.32 Å². The van der Waals surface area contributed by atoms with Crippen molar-refractivity contribution in [3.63, 3.8) is 0 Å². The summed E-state index contributed by atoms with van der Waals surface area (Å²) in [6.45, 7) is 3.78. The number of benzene rings is 1. The third kappa shape index (κ3) is 4.00. The van der Waals surface area contributed by atoms with Crippen LogP contribution in [-0.4, -0.2) is 25.9 Å². The molecule has 23 heavy (non-hydrogen) atoms. The molecule has 8 heteroatoms. The zero-order chi connectivity index (χ0) is 16.6. The summed E-state index contributed by atoms with van der Waals surface area (Å²) in [6.07, 6.45) is 2.29. The van der Waals surface area contributed by atoms with Gasteiger partial charge in [-0.05, 0) is 44.9 Å². The summed E-state index contributed by atoms with van der Waals surface area (Å²) in [5, 5.41) is 12.6. The lowest BCUT2D eigenvalue weighted by Gasteiger charge is -2.13. The van der Waals surface area contributed by atoms with Gasteiger partial charge in [0.1, 0.15) is 5.82 Å². The van der Waals surface area contributed by atoms with Crippen molar-refractivity contribution in [3.05, 3.63) is 34.1 Å². The highest BCUT2D eigenvalue weighted by Crippen LogP contribution is 2.39. The highest BCUT2D eigenvalue weighted by atomic mass is 35.5. The number of thioether (sulfide) groups is 1. The zero-order valence-corrected chi connectivity index (χ0v) is 15.0. The van der Waals surface area contributed by atoms with Gasteiger partial charge in [0.05, 0.1) is 5.25 Å². The van der Waals surface area contributed by atoms with Crippen LogP contribution in [-0.2, 0) is 4.79 Å². The van der Waals surface area contributed by atoms with Crippen LogP contribution in [0.3, 0.4) is 0 Å². The van der Waals surface area contributed by atoms with Gasteiger partial charge in [0.15, 0.2) is 5.16 Å². The Morgan fingerprint density at radius 3 is 2.57 bits per heavy atom. The molecule has 0 radical (unpaired) electrons. The molecule has 0 spiro atoms. The predicted octanol–water partition coefficient (Wildman–Crippen LogP) is 4.35. The molecule has 1 fully saturated rings. The van der Waals surface area contributed by atoms with Crippen molar-refractivity contribution < 1.29 is 4.79 Å². The molecule has 1 heterocycles. The quantitative estimate of drug-likeness (QED) is 0.794. The number of aromatic nitrogens is 3. The molecule has 3 rings (SSSR count). The summed E-state index contributed by atoms with van der Waals surface area (Å²) in [7, 11) is 0. The van der Waals surface area contributed by atoms with Crippen LogP contribution in [0.2, 0.25) is 10.0 Å². The van der Waals surface area contributed by atoms with Crippen molar-refractivity contribution in [2.24, 2.45) is 0 Å². The van der Waals surface area contributed by atoms with Crippen LogP contribution in [0, 0.1) is 6.92 Å². The first-order valence-electron chi connectivity index (χ1n) is 7.29. The Morgan fingerprint density at radius 1 is 1.30 bits per heavy atom. The number of nitrogens with zero attached hydrogens (tertiary/aromatic N) is 3. The molecule has 1 aromatic heterocycles. The fourth-order valence-corrected chi connectivity index (χ4v) is 3.76. The monoisotopic (exact) mass is 370 g/mol. The second-order valence-electron chi connectivity index (χ2n) is 5.54. The Hall–Kier alpha value is -1.24. The van der Waals surface area contributed by atoms with Gasteiger partial charge in [-0.15, -0.1) is 10.2 Å². The van der Waals surface area contributed by atoms with Crippen molar-refractivity contribution in [1.29, 1.82) is 0 Å². The van der Waals surface area contributed by atoms with Crippen LogP contribution < -0.4 is 5.32 Å². The molecule has 122 valence electrons. The molecule has 2 aromatic rings. The molecule has 0 aliphatic heterocycles. The van der Waals surface area contributed by atoms with Gasteiger partial charge in [-0.25, -0.2) is 0 Å². The molecule has 1 atom stereocenters. The molecular weight excluding hydrogens is 355 g/mol. The number of halogens is 2. The minimum Gasteiger partial charge on any atom is -0.325 e. The molecule has 1 aliphatic carbocycles. The van der Waals surface area contributed by atoms with E-state index in [1.165, 1.54) is 11.8 Å². The fourth-order valence-electron chi connectivity index (χ4n) is 2.26. The number of hydrogen-bond donors (Lipinski definition) is 1. The zero-order valence-electron chi connectivity index (χ0n) is 12.7. The van der Waals surface area contributed by atoms with Crippen LogP contribution in [0.1, 0.15) is 31.6 Å². The van der Waals surface area contributed by atoms with Gasteiger partial charge >= 0.3 is 0 Å². The van der Waals surface area contributed by atoms with E-state index in [4.69, 9.17) is 23.2 Å². The normalized spacial score (nSPS) is 15.5. The van der Waals surface area contributed by atoms with Gasteiger partial charge < -0.3 is 9.88 Å². The molecular formula is C15H16Cl2N4OS. The molecule has 1 amide bonds. The number of nitrogens with one attached hydrogen (secondary N) is 1. The van der Waals surface area contributed by atoms with Crippen molar-refractivity contribution in [2.45, 2.75) is 43.1 Å². The SMILES string of the molecule is Cc1nnc(S[C@H](C)C(=O)Nc2cc(Cl)cc(Cl)c2)n1C1CC1. The molecule has 5 nitrogen and oxygen atoms in total. The maximum Gasteiger partial charge on any atom is 0.237 e. The van der Waals surface area contributed by atoms with Gasteiger partial charge in [-0.1, -0.05) is 35.0 Å².